The quantitative estimate of drug-likeness (QED) is 0.640. The maximum atomic E-state index is 12.9. The Labute approximate surface area is 142 Å². The minimum atomic E-state index is 0.123. The lowest BCUT2D eigenvalue weighted by molar-refractivity contribution is -0.113. The number of allylic oxidation sites excluding steroid dienone is 2. The molecule has 24 heavy (non-hydrogen) atoms. The van der Waals surface area contributed by atoms with Gasteiger partial charge in [-0.1, -0.05) is 31.2 Å². The van der Waals surface area contributed by atoms with Gasteiger partial charge in [-0.25, -0.2) is 0 Å². The molecule has 1 saturated carbocycles. The van der Waals surface area contributed by atoms with Crippen molar-refractivity contribution in [3.8, 4) is 0 Å². The third-order valence-electron chi connectivity index (χ3n) is 4.22. The van der Waals surface area contributed by atoms with Gasteiger partial charge in [0.25, 0.3) is 0 Å². The largest absolute Gasteiger partial charge is 0.399 e. The van der Waals surface area contributed by atoms with E-state index in [0.717, 1.165) is 35.1 Å². The fraction of sp³-hybridized carbons (Fsp3) is 0.190. The summed E-state index contributed by atoms with van der Waals surface area (Å²) in [4.78, 5) is 12.9. The monoisotopic (exact) mass is 318 g/mol. The van der Waals surface area contributed by atoms with Crippen molar-refractivity contribution in [1.29, 1.82) is 0 Å². The maximum absolute atomic E-state index is 12.9. The third kappa shape index (κ3) is 3.74. The fourth-order valence-corrected chi connectivity index (χ4v) is 3.16. The smallest absolute Gasteiger partial charge is 0.185 e. The summed E-state index contributed by atoms with van der Waals surface area (Å²) in [5.41, 5.74) is 16.7. The zero-order valence-corrected chi connectivity index (χ0v) is 13.8. The third-order valence-corrected chi connectivity index (χ3v) is 4.22. The van der Waals surface area contributed by atoms with Gasteiger partial charge in [-0.05, 0) is 66.3 Å². The molecular formula is C21H22N2O. The lowest BCUT2D eigenvalue weighted by Gasteiger charge is -2.22. The summed E-state index contributed by atoms with van der Waals surface area (Å²) in [6, 6.07) is 15.2. The second kappa shape index (κ2) is 6.75. The predicted molar refractivity (Wildman–Crippen MR) is 101 cm³/mol. The summed E-state index contributed by atoms with van der Waals surface area (Å²) in [7, 11) is 0. The summed E-state index contributed by atoms with van der Waals surface area (Å²) in [5, 5.41) is 0. The Morgan fingerprint density at radius 1 is 0.875 bits per heavy atom. The maximum Gasteiger partial charge on any atom is 0.185 e. The fourth-order valence-electron chi connectivity index (χ4n) is 3.16. The Bertz CT molecular complexity index is 766. The molecule has 0 aromatic heterocycles. The van der Waals surface area contributed by atoms with E-state index in [2.05, 4.69) is 6.92 Å². The van der Waals surface area contributed by atoms with Crippen LogP contribution >= 0.6 is 0 Å². The van der Waals surface area contributed by atoms with Crippen LogP contribution in [0.5, 0.6) is 0 Å². The van der Waals surface area contributed by atoms with Crippen LogP contribution in [0.25, 0.3) is 12.2 Å². The second-order valence-electron chi connectivity index (χ2n) is 6.52. The van der Waals surface area contributed by atoms with Crippen LogP contribution < -0.4 is 11.5 Å². The van der Waals surface area contributed by atoms with Gasteiger partial charge >= 0.3 is 0 Å². The molecule has 4 N–H and O–H groups in total. The highest BCUT2D eigenvalue weighted by Gasteiger charge is 2.25. The molecule has 1 aliphatic carbocycles. The van der Waals surface area contributed by atoms with E-state index in [9.17, 15) is 4.79 Å². The molecular weight excluding hydrogens is 296 g/mol. The molecule has 0 spiro atoms. The van der Waals surface area contributed by atoms with Crippen LogP contribution in [0.15, 0.2) is 59.7 Å². The number of anilines is 2. The number of hydrogen-bond acceptors (Lipinski definition) is 3. The van der Waals surface area contributed by atoms with Crippen LogP contribution in [0.2, 0.25) is 0 Å². The SMILES string of the molecule is CC1CC(=Cc2cccc(N)c2)C(=O)C(=Cc2cccc(N)c2)C1. The number of rotatable bonds is 2. The Morgan fingerprint density at radius 3 is 1.75 bits per heavy atom. The number of carbonyl (C=O) groups excluding carboxylic acids is 1. The summed E-state index contributed by atoms with van der Waals surface area (Å²) < 4.78 is 0. The molecule has 3 nitrogen and oxygen atoms in total. The summed E-state index contributed by atoms with van der Waals surface area (Å²) in [6.45, 7) is 2.17. The zero-order valence-electron chi connectivity index (χ0n) is 13.8. The van der Waals surface area contributed by atoms with E-state index in [0.29, 0.717) is 17.3 Å². The van der Waals surface area contributed by atoms with Crippen molar-refractivity contribution in [3.63, 3.8) is 0 Å². The van der Waals surface area contributed by atoms with E-state index in [4.69, 9.17) is 11.5 Å². The average Bonchev–Trinajstić information content (AvgIpc) is 2.52. The Hall–Kier alpha value is -2.81. The van der Waals surface area contributed by atoms with Crippen LogP contribution in [0, 0.1) is 5.92 Å². The van der Waals surface area contributed by atoms with Crippen LogP contribution in [0.3, 0.4) is 0 Å². The highest BCUT2D eigenvalue weighted by Crippen LogP contribution is 2.32. The van der Waals surface area contributed by atoms with E-state index >= 15 is 0 Å². The molecule has 0 unspecified atom stereocenters. The summed E-state index contributed by atoms with van der Waals surface area (Å²) in [6.07, 6.45) is 5.51. The van der Waals surface area contributed by atoms with Crippen molar-refractivity contribution in [2.45, 2.75) is 19.8 Å². The van der Waals surface area contributed by atoms with Crippen molar-refractivity contribution in [1.82, 2.24) is 0 Å². The number of Topliss-reactive ketones (excluding diaryl/α,β-unsaturated/α-hetero) is 1. The van der Waals surface area contributed by atoms with Crippen LogP contribution in [-0.2, 0) is 4.79 Å². The summed E-state index contributed by atoms with van der Waals surface area (Å²) >= 11 is 0. The molecule has 2 aromatic rings. The molecule has 122 valence electrons. The molecule has 0 radical (unpaired) electrons. The van der Waals surface area contributed by atoms with Gasteiger partial charge in [-0.2, -0.15) is 0 Å². The highest BCUT2D eigenvalue weighted by molar-refractivity contribution is 6.14. The van der Waals surface area contributed by atoms with Crippen molar-refractivity contribution < 1.29 is 4.79 Å². The minimum Gasteiger partial charge on any atom is -0.399 e. The van der Waals surface area contributed by atoms with Crippen LogP contribution in [0.4, 0.5) is 11.4 Å². The number of nitrogen functional groups attached to an aromatic ring is 2. The second-order valence-corrected chi connectivity index (χ2v) is 6.52. The molecule has 0 amide bonds. The van der Waals surface area contributed by atoms with Crippen molar-refractivity contribution in [2.24, 2.45) is 5.92 Å². The first-order chi connectivity index (χ1) is 11.5. The lowest BCUT2D eigenvalue weighted by Crippen LogP contribution is -2.18. The molecule has 0 atom stereocenters. The van der Waals surface area contributed by atoms with Gasteiger partial charge in [0.1, 0.15) is 0 Å². The first-order valence-corrected chi connectivity index (χ1v) is 8.18. The molecule has 0 bridgehead atoms. The van der Waals surface area contributed by atoms with Crippen molar-refractivity contribution in [3.05, 3.63) is 70.8 Å². The Balaban J connectivity index is 1.94. The molecule has 3 rings (SSSR count). The van der Waals surface area contributed by atoms with Gasteiger partial charge in [-0.3, -0.25) is 4.79 Å². The lowest BCUT2D eigenvalue weighted by atomic mass is 9.81. The van der Waals surface area contributed by atoms with E-state index < -0.39 is 0 Å². The van der Waals surface area contributed by atoms with Gasteiger partial charge in [0.15, 0.2) is 5.78 Å². The number of nitrogens with two attached hydrogens (primary N) is 2. The molecule has 1 aliphatic rings. The molecule has 2 aromatic carbocycles. The minimum absolute atomic E-state index is 0.123. The van der Waals surface area contributed by atoms with Gasteiger partial charge in [0, 0.05) is 22.5 Å². The molecule has 0 aliphatic heterocycles. The average molecular weight is 318 g/mol. The van der Waals surface area contributed by atoms with Crippen molar-refractivity contribution in [2.75, 3.05) is 11.5 Å². The van der Waals surface area contributed by atoms with E-state index in [1.54, 1.807) is 0 Å². The summed E-state index contributed by atoms with van der Waals surface area (Å²) in [5.74, 6) is 0.556. The standard InChI is InChI=1S/C21H22N2O/c1-14-8-17(10-15-4-2-6-19(22)12-15)21(24)18(9-14)11-16-5-3-7-20(23)13-16/h2-7,10-14H,8-9,22-23H2,1H3. The van der Waals surface area contributed by atoms with E-state index in [1.807, 2.05) is 60.7 Å². The first-order valence-electron chi connectivity index (χ1n) is 8.18. The van der Waals surface area contributed by atoms with Crippen LogP contribution in [0.1, 0.15) is 30.9 Å². The number of ketones is 1. The normalized spacial score (nSPS) is 21.4. The van der Waals surface area contributed by atoms with E-state index in [-0.39, 0.29) is 5.78 Å². The van der Waals surface area contributed by atoms with E-state index in [1.165, 1.54) is 0 Å². The molecule has 0 saturated heterocycles. The van der Waals surface area contributed by atoms with Gasteiger partial charge in [0.2, 0.25) is 0 Å². The van der Waals surface area contributed by atoms with Gasteiger partial charge in [0.05, 0.1) is 0 Å². The molecule has 0 heterocycles. The van der Waals surface area contributed by atoms with Crippen LogP contribution in [-0.4, -0.2) is 5.78 Å². The Kier molecular flexibility index (Phi) is 4.52. The zero-order chi connectivity index (χ0) is 17.1. The van der Waals surface area contributed by atoms with Crippen molar-refractivity contribution >= 4 is 29.3 Å². The van der Waals surface area contributed by atoms with Gasteiger partial charge < -0.3 is 11.5 Å². The van der Waals surface area contributed by atoms with Gasteiger partial charge in [-0.15, -0.1) is 0 Å². The number of benzene rings is 2. The topological polar surface area (TPSA) is 69.1 Å². The molecule has 3 heteroatoms. The molecule has 1 fully saturated rings. The first kappa shape index (κ1) is 16.1. The number of hydrogen-bond donors (Lipinski definition) is 2. The predicted octanol–water partition coefficient (Wildman–Crippen LogP) is 4.32. The highest BCUT2D eigenvalue weighted by atomic mass is 16.1. The number of carbonyl (C=O) groups is 1. The Morgan fingerprint density at radius 2 is 1.33 bits per heavy atom.